The average molecular weight is 471 g/mol. The number of aromatic nitrogens is 2. The van der Waals surface area contributed by atoms with Crippen LogP contribution in [-0.4, -0.2) is 54.1 Å². The number of nitrogens with zero attached hydrogens (tertiary/aromatic N) is 3. The minimum absolute atomic E-state index is 0.0381. The summed E-state index contributed by atoms with van der Waals surface area (Å²) in [5, 5.41) is 10.5. The van der Waals surface area contributed by atoms with Gasteiger partial charge in [-0.1, -0.05) is 22.8 Å². The summed E-state index contributed by atoms with van der Waals surface area (Å²) in [6, 6.07) is 11.6. The summed E-state index contributed by atoms with van der Waals surface area (Å²) in [7, 11) is -3.68. The number of carbonyl (C=O) groups is 1. The molecule has 1 saturated heterocycles. The van der Waals surface area contributed by atoms with Crippen LogP contribution in [0.2, 0.25) is 0 Å². The van der Waals surface area contributed by atoms with E-state index >= 15 is 0 Å². The van der Waals surface area contributed by atoms with Crippen LogP contribution in [-0.2, 0) is 14.8 Å². The second-order valence-electron chi connectivity index (χ2n) is 8.29. The third-order valence-electron chi connectivity index (χ3n) is 5.41. The Morgan fingerprint density at radius 2 is 1.70 bits per heavy atom. The van der Waals surface area contributed by atoms with Crippen LogP contribution in [0.5, 0.6) is 0 Å². The second kappa shape index (κ2) is 9.05. The number of carbonyl (C=O) groups excluding carboxylic acids is 1. The molecule has 0 saturated carbocycles. The van der Waals surface area contributed by atoms with Crippen LogP contribution in [0.15, 0.2) is 51.8 Å². The van der Waals surface area contributed by atoms with Gasteiger partial charge in [0.25, 0.3) is 5.91 Å². The lowest BCUT2D eigenvalue weighted by Crippen LogP contribution is -2.48. The van der Waals surface area contributed by atoms with Crippen molar-refractivity contribution in [2.45, 2.75) is 44.8 Å². The molecule has 1 fully saturated rings. The molecule has 3 aromatic rings. The number of amides is 1. The first-order valence-corrected chi connectivity index (χ1v) is 12.1. The van der Waals surface area contributed by atoms with Gasteiger partial charge in [0.05, 0.1) is 17.1 Å². The number of hydrogen-bond donors (Lipinski definition) is 1. The first-order valence-electron chi connectivity index (χ1n) is 10.6. The zero-order chi connectivity index (χ0) is 23.8. The Bertz CT molecular complexity index is 1260. The molecular formula is C23H26N4O5S. The Kier molecular flexibility index (Phi) is 6.33. The van der Waals surface area contributed by atoms with Gasteiger partial charge in [0, 0.05) is 24.2 Å². The smallest absolute Gasteiger partial charge is 0.322 e. The van der Waals surface area contributed by atoms with Gasteiger partial charge in [-0.15, -0.1) is 5.10 Å². The molecule has 0 bridgehead atoms. The van der Waals surface area contributed by atoms with E-state index < -0.39 is 15.9 Å². The van der Waals surface area contributed by atoms with Crippen LogP contribution >= 0.6 is 0 Å². The minimum Gasteiger partial charge on any atom is -0.403 e. The van der Waals surface area contributed by atoms with Gasteiger partial charge < -0.3 is 9.15 Å². The zero-order valence-corrected chi connectivity index (χ0v) is 19.7. The van der Waals surface area contributed by atoms with E-state index in [0.29, 0.717) is 5.89 Å². The molecule has 33 heavy (non-hydrogen) atoms. The summed E-state index contributed by atoms with van der Waals surface area (Å²) in [6.07, 6.45) is -0.368. The Labute approximate surface area is 192 Å². The third-order valence-corrected chi connectivity index (χ3v) is 7.26. The minimum atomic E-state index is -3.68. The van der Waals surface area contributed by atoms with Crippen molar-refractivity contribution in [1.29, 1.82) is 0 Å². The number of ether oxygens (including phenoxy) is 1. The number of aryl methyl sites for hydroxylation is 2. The Morgan fingerprint density at radius 1 is 1.03 bits per heavy atom. The van der Waals surface area contributed by atoms with Gasteiger partial charge in [0.15, 0.2) is 0 Å². The van der Waals surface area contributed by atoms with E-state index in [1.807, 2.05) is 45.9 Å². The molecule has 0 radical (unpaired) electrons. The predicted molar refractivity (Wildman–Crippen MR) is 122 cm³/mol. The first-order chi connectivity index (χ1) is 15.6. The molecule has 1 aromatic heterocycles. The fraction of sp³-hybridized carbons (Fsp3) is 0.348. The number of nitrogens with one attached hydrogen (secondary N) is 1. The number of morpholine rings is 1. The van der Waals surface area contributed by atoms with Crippen LogP contribution in [0.3, 0.4) is 0 Å². The number of sulfonamides is 1. The van der Waals surface area contributed by atoms with Gasteiger partial charge in [-0.3, -0.25) is 10.1 Å². The van der Waals surface area contributed by atoms with Crippen LogP contribution in [0.1, 0.15) is 35.3 Å². The van der Waals surface area contributed by atoms with Crippen molar-refractivity contribution in [1.82, 2.24) is 14.5 Å². The van der Waals surface area contributed by atoms with E-state index in [4.69, 9.17) is 9.15 Å². The molecule has 10 heteroatoms. The quantitative estimate of drug-likeness (QED) is 0.608. The monoisotopic (exact) mass is 470 g/mol. The van der Waals surface area contributed by atoms with Gasteiger partial charge in [-0.25, -0.2) is 8.42 Å². The number of anilines is 1. The summed E-state index contributed by atoms with van der Waals surface area (Å²) in [6.45, 7) is 8.16. The van der Waals surface area contributed by atoms with Crippen LogP contribution in [0, 0.1) is 13.8 Å². The average Bonchev–Trinajstić information content (AvgIpc) is 3.23. The van der Waals surface area contributed by atoms with Crippen LogP contribution < -0.4 is 5.32 Å². The van der Waals surface area contributed by atoms with Crippen molar-refractivity contribution in [3.63, 3.8) is 0 Å². The standard InChI is InChI=1S/C23H26N4O5S/c1-14-5-6-15(2)20(11-14)22-25-26-23(32-22)24-21(28)18-7-9-19(10-8-18)33(29,30)27-12-16(3)31-17(4)13-27/h5-11,16-17H,12-13H2,1-4H3,(H,24,26,28). The summed E-state index contributed by atoms with van der Waals surface area (Å²) in [5.74, 6) is -0.175. The number of rotatable bonds is 5. The Morgan fingerprint density at radius 3 is 2.36 bits per heavy atom. The van der Waals surface area contributed by atoms with Crippen molar-refractivity contribution in [2.24, 2.45) is 0 Å². The molecule has 4 rings (SSSR count). The first kappa shape index (κ1) is 23.1. The van der Waals surface area contributed by atoms with Crippen molar-refractivity contribution in [2.75, 3.05) is 18.4 Å². The molecule has 9 nitrogen and oxygen atoms in total. The number of hydrogen-bond acceptors (Lipinski definition) is 7. The van der Waals surface area contributed by atoms with Crippen molar-refractivity contribution >= 4 is 21.9 Å². The molecule has 1 aliphatic heterocycles. The zero-order valence-electron chi connectivity index (χ0n) is 18.9. The highest BCUT2D eigenvalue weighted by atomic mass is 32.2. The molecule has 174 valence electrons. The van der Waals surface area contributed by atoms with Gasteiger partial charge in [-0.05, 0) is 63.6 Å². The largest absolute Gasteiger partial charge is 0.403 e. The molecular weight excluding hydrogens is 444 g/mol. The van der Waals surface area contributed by atoms with E-state index in [9.17, 15) is 13.2 Å². The molecule has 2 heterocycles. The second-order valence-corrected chi connectivity index (χ2v) is 10.2. The van der Waals surface area contributed by atoms with E-state index in [1.54, 1.807) is 0 Å². The summed E-state index contributed by atoms with van der Waals surface area (Å²) >= 11 is 0. The van der Waals surface area contributed by atoms with Crippen molar-refractivity contribution in [3.05, 3.63) is 59.2 Å². The van der Waals surface area contributed by atoms with E-state index in [1.165, 1.54) is 28.6 Å². The van der Waals surface area contributed by atoms with Crippen molar-refractivity contribution < 1.29 is 22.4 Å². The lowest BCUT2D eigenvalue weighted by molar-refractivity contribution is -0.0440. The van der Waals surface area contributed by atoms with Crippen LogP contribution in [0.25, 0.3) is 11.5 Å². The maximum Gasteiger partial charge on any atom is 0.322 e. The van der Waals surface area contributed by atoms with Gasteiger partial charge in [0.1, 0.15) is 0 Å². The fourth-order valence-corrected chi connectivity index (χ4v) is 5.36. The molecule has 2 atom stereocenters. The lowest BCUT2D eigenvalue weighted by atomic mass is 10.1. The maximum absolute atomic E-state index is 13.0. The normalized spacial score (nSPS) is 19.4. The molecule has 2 aromatic carbocycles. The molecule has 1 N–H and O–H groups in total. The lowest BCUT2D eigenvalue weighted by Gasteiger charge is -2.34. The Hall–Kier alpha value is -3.08. The Balaban J connectivity index is 1.47. The van der Waals surface area contributed by atoms with E-state index in [2.05, 4.69) is 15.5 Å². The molecule has 0 spiro atoms. The van der Waals surface area contributed by atoms with Crippen LogP contribution in [0.4, 0.5) is 6.01 Å². The van der Waals surface area contributed by atoms with Gasteiger partial charge >= 0.3 is 6.01 Å². The fourth-order valence-electron chi connectivity index (χ4n) is 3.77. The van der Waals surface area contributed by atoms with Gasteiger partial charge in [-0.2, -0.15) is 4.31 Å². The molecule has 1 aliphatic rings. The SMILES string of the molecule is Cc1ccc(C)c(-c2nnc(NC(=O)c3ccc(S(=O)(=O)N4CC(C)OC(C)C4)cc3)o2)c1. The highest BCUT2D eigenvalue weighted by Crippen LogP contribution is 2.25. The summed E-state index contributed by atoms with van der Waals surface area (Å²) < 4.78 is 38.6. The summed E-state index contributed by atoms with van der Waals surface area (Å²) in [5.41, 5.74) is 3.09. The highest BCUT2D eigenvalue weighted by molar-refractivity contribution is 7.89. The third kappa shape index (κ3) is 4.97. The molecule has 1 amide bonds. The predicted octanol–water partition coefficient (Wildman–Crippen LogP) is 3.40. The summed E-state index contributed by atoms with van der Waals surface area (Å²) in [4.78, 5) is 12.7. The molecule has 2 unspecified atom stereocenters. The number of benzene rings is 2. The topological polar surface area (TPSA) is 115 Å². The maximum atomic E-state index is 13.0. The highest BCUT2D eigenvalue weighted by Gasteiger charge is 2.32. The van der Waals surface area contributed by atoms with E-state index in [-0.39, 0.29) is 41.8 Å². The van der Waals surface area contributed by atoms with Gasteiger partial charge in [0.2, 0.25) is 15.9 Å². The van der Waals surface area contributed by atoms with E-state index in [0.717, 1.165) is 16.7 Å². The molecule has 0 aliphatic carbocycles. The van der Waals surface area contributed by atoms with Crippen molar-refractivity contribution in [3.8, 4) is 11.5 Å².